The van der Waals surface area contributed by atoms with Gasteiger partial charge >= 0.3 is 0 Å². The van der Waals surface area contributed by atoms with Crippen molar-refractivity contribution in [1.82, 2.24) is 4.90 Å². The van der Waals surface area contributed by atoms with Crippen molar-refractivity contribution < 1.29 is 9.18 Å². The third-order valence-electron chi connectivity index (χ3n) is 2.90. The Morgan fingerprint density at radius 3 is 2.88 bits per heavy atom. The summed E-state index contributed by atoms with van der Waals surface area (Å²) in [6, 6.07) is 4.72. The fraction of sp³-hybridized carbons (Fsp3) is 0.417. The second kappa shape index (κ2) is 4.51. The van der Waals surface area contributed by atoms with Crippen molar-refractivity contribution in [2.45, 2.75) is 19.3 Å². The van der Waals surface area contributed by atoms with Crippen molar-refractivity contribution in [1.29, 1.82) is 0 Å². The van der Waals surface area contributed by atoms with E-state index in [4.69, 9.17) is 5.73 Å². The number of nitrogens with zero attached hydrogens (tertiary/aromatic N) is 1. The van der Waals surface area contributed by atoms with Crippen molar-refractivity contribution >= 4 is 11.6 Å². The molecule has 1 saturated heterocycles. The zero-order valence-corrected chi connectivity index (χ0v) is 9.08. The maximum atomic E-state index is 12.9. The lowest BCUT2D eigenvalue weighted by atomic mass is 10.1. The molecule has 0 aromatic heterocycles. The summed E-state index contributed by atoms with van der Waals surface area (Å²) >= 11 is 0. The van der Waals surface area contributed by atoms with E-state index in [1.54, 1.807) is 12.1 Å². The van der Waals surface area contributed by atoms with E-state index in [0.29, 0.717) is 13.0 Å². The second-order valence-electron chi connectivity index (χ2n) is 4.09. The minimum absolute atomic E-state index is 0.172. The van der Waals surface area contributed by atoms with Crippen LogP contribution in [0.4, 0.5) is 10.1 Å². The van der Waals surface area contributed by atoms with Crippen LogP contribution in [0.15, 0.2) is 18.2 Å². The van der Waals surface area contributed by atoms with Gasteiger partial charge in [0.2, 0.25) is 5.91 Å². The minimum atomic E-state index is -0.388. The fourth-order valence-electron chi connectivity index (χ4n) is 1.95. The molecule has 1 amide bonds. The molecule has 0 spiro atoms. The summed E-state index contributed by atoms with van der Waals surface area (Å²) in [6.07, 6.45) is 2.34. The maximum absolute atomic E-state index is 12.9. The van der Waals surface area contributed by atoms with Gasteiger partial charge in [0.05, 0.1) is 5.69 Å². The number of amides is 1. The lowest BCUT2D eigenvalue weighted by Crippen LogP contribution is -2.26. The van der Waals surface area contributed by atoms with Crippen molar-refractivity contribution in [2.24, 2.45) is 0 Å². The highest BCUT2D eigenvalue weighted by molar-refractivity contribution is 5.78. The zero-order chi connectivity index (χ0) is 11.5. The highest BCUT2D eigenvalue weighted by Crippen LogP contribution is 2.15. The molecule has 1 aromatic rings. The normalized spacial score (nSPS) is 15.8. The Morgan fingerprint density at radius 2 is 2.25 bits per heavy atom. The van der Waals surface area contributed by atoms with Gasteiger partial charge in [-0.1, -0.05) is 6.07 Å². The molecule has 4 heteroatoms. The van der Waals surface area contributed by atoms with Crippen LogP contribution >= 0.6 is 0 Å². The number of nitrogens with two attached hydrogens (primary N) is 1. The van der Waals surface area contributed by atoms with Gasteiger partial charge < -0.3 is 10.6 Å². The molecule has 16 heavy (non-hydrogen) atoms. The number of rotatable bonds is 3. The van der Waals surface area contributed by atoms with Crippen LogP contribution in [0, 0.1) is 5.82 Å². The second-order valence-corrected chi connectivity index (χ2v) is 4.09. The molecule has 0 saturated carbocycles. The van der Waals surface area contributed by atoms with E-state index in [9.17, 15) is 9.18 Å². The van der Waals surface area contributed by atoms with Crippen molar-refractivity contribution in [2.75, 3.05) is 18.8 Å². The number of anilines is 1. The molecule has 0 atom stereocenters. The standard InChI is InChI=1S/C12H15FN2O/c13-10-4-3-9(8-11(10)14)5-7-15-6-1-2-12(15)16/h3-4,8H,1-2,5-7,14H2. The van der Waals surface area contributed by atoms with Gasteiger partial charge in [-0.05, 0) is 30.5 Å². The van der Waals surface area contributed by atoms with Crippen molar-refractivity contribution in [3.63, 3.8) is 0 Å². The Kier molecular flexibility index (Phi) is 3.08. The molecule has 2 rings (SSSR count). The highest BCUT2D eigenvalue weighted by atomic mass is 19.1. The number of hydrogen-bond acceptors (Lipinski definition) is 2. The summed E-state index contributed by atoms with van der Waals surface area (Å²) in [5.41, 5.74) is 6.62. The van der Waals surface area contributed by atoms with E-state index in [0.717, 1.165) is 24.9 Å². The van der Waals surface area contributed by atoms with E-state index < -0.39 is 0 Å². The molecule has 1 fully saturated rings. The Bertz CT molecular complexity index is 406. The first kappa shape index (κ1) is 10.9. The van der Waals surface area contributed by atoms with Crippen LogP contribution in [0.1, 0.15) is 18.4 Å². The molecule has 86 valence electrons. The van der Waals surface area contributed by atoms with E-state index in [1.165, 1.54) is 6.07 Å². The number of likely N-dealkylation sites (tertiary alicyclic amines) is 1. The molecule has 0 unspecified atom stereocenters. The summed E-state index contributed by atoms with van der Waals surface area (Å²) in [5.74, 6) is -0.170. The van der Waals surface area contributed by atoms with Gasteiger partial charge in [-0.25, -0.2) is 4.39 Å². The third kappa shape index (κ3) is 2.32. The van der Waals surface area contributed by atoms with E-state index >= 15 is 0 Å². The first-order chi connectivity index (χ1) is 7.66. The fourth-order valence-corrected chi connectivity index (χ4v) is 1.95. The quantitative estimate of drug-likeness (QED) is 0.789. The maximum Gasteiger partial charge on any atom is 0.222 e. The van der Waals surface area contributed by atoms with Gasteiger partial charge in [0.1, 0.15) is 5.82 Å². The van der Waals surface area contributed by atoms with Crippen LogP contribution in [0.5, 0.6) is 0 Å². The first-order valence-corrected chi connectivity index (χ1v) is 5.48. The van der Waals surface area contributed by atoms with Gasteiger partial charge in [-0.2, -0.15) is 0 Å². The van der Waals surface area contributed by atoms with Gasteiger partial charge in [-0.3, -0.25) is 4.79 Å². The number of carbonyl (C=O) groups is 1. The largest absolute Gasteiger partial charge is 0.396 e. The van der Waals surface area contributed by atoms with Crippen LogP contribution < -0.4 is 5.73 Å². The third-order valence-corrected chi connectivity index (χ3v) is 2.90. The van der Waals surface area contributed by atoms with E-state index in [1.807, 2.05) is 4.90 Å². The van der Waals surface area contributed by atoms with Gasteiger partial charge in [0.15, 0.2) is 0 Å². The Morgan fingerprint density at radius 1 is 1.44 bits per heavy atom. The molecular formula is C12H15FN2O. The van der Waals surface area contributed by atoms with E-state index in [-0.39, 0.29) is 17.4 Å². The van der Waals surface area contributed by atoms with Crippen LogP contribution in [0.2, 0.25) is 0 Å². The van der Waals surface area contributed by atoms with Gasteiger partial charge in [0, 0.05) is 19.5 Å². The monoisotopic (exact) mass is 222 g/mol. The predicted octanol–water partition coefficient (Wildman–Crippen LogP) is 1.57. The molecule has 3 nitrogen and oxygen atoms in total. The Balaban J connectivity index is 1.94. The van der Waals surface area contributed by atoms with Crippen molar-refractivity contribution in [3.05, 3.63) is 29.6 Å². The summed E-state index contributed by atoms with van der Waals surface area (Å²) < 4.78 is 12.9. The molecule has 0 aliphatic carbocycles. The molecule has 1 aliphatic rings. The number of hydrogen-bond donors (Lipinski definition) is 1. The minimum Gasteiger partial charge on any atom is -0.396 e. The molecule has 1 aromatic carbocycles. The molecule has 0 bridgehead atoms. The molecule has 1 heterocycles. The average molecular weight is 222 g/mol. The topological polar surface area (TPSA) is 46.3 Å². The number of halogens is 1. The molecule has 1 aliphatic heterocycles. The van der Waals surface area contributed by atoms with Crippen LogP contribution in [0.25, 0.3) is 0 Å². The number of carbonyl (C=O) groups excluding carboxylic acids is 1. The van der Waals surface area contributed by atoms with Gasteiger partial charge in [0.25, 0.3) is 0 Å². The summed E-state index contributed by atoms with van der Waals surface area (Å²) in [6.45, 7) is 1.54. The number of benzene rings is 1. The Labute approximate surface area is 94.0 Å². The van der Waals surface area contributed by atoms with Gasteiger partial charge in [-0.15, -0.1) is 0 Å². The van der Waals surface area contributed by atoms with Crippen LogP contribution in [0.3, 0.4) is 0 Å². The molecular weight excluding hydrogens is 207 g/mol. The van der Waals surface area contributed by atoms with E-state index in [2.05, 4.69) is 0 Å². The molecule has 0 radical (unpaired) electrons. The summed E-state index contributed by atoms with van der Waals surface area (Å²) in [4.78, 5) is 13.2. The summed E-state index contributed by atoms with van der Waals surface area (Å²) in [5, 5.41) is 0. The Hall–Kier alpha value is -1.58. The first-order valence-electron chi connectivity index (χ1n) is 5.48. The zero-order valence-electron chi connectivity index (χ0n) is 9.08. The molecule has 2 N–H and O–H groups in total. The average Bonchev–Trinajstić information content (AvgIpc) is 2.66. The number of nitrogen functional groups attached to an aromatic ring is 1. The predicted molar refractivity (Wildman–Crippen MR) is 60.3 cm³/mol. The van der Waals surface area contributed by atoms with Crippen molar-refractivity contribution in [3.8, 4) is 0 Å². The smallest absolute Gasteiger partial charge is 0.222 e. The lowest BCUT2D eigenvalue weighted by Gasteiger charge is -2.15. The van der Waals surface area contributed by atoms with Crippen LogP contribution in [-0.2, 0) is 11.2 Å². The SMILES string of the molecule is Nc1cc(CCN2CCCC2=O)ccc1F. The lowest BCUT2D eigenvalue weighted by molar-refractivity contribution is -0.127. The highest BCUT2D eigenvalue weighted by Gasteiger charge is 2.19. The van der Waals surface area contributed by atoms with Crippen LogP contribution in [-0.4, -0.2) is 23.9 Å². The summed E-state index contributed by atoms with van der Waals surface area (Å²) in [7, 11) is 0.